The molecule has 1 fully saturated rings. The second-order valence-electron chi connectivity index (χ2n) is 11.2. The Bertz CT molecular complexity index is 1730. The topological polar surface area (TPSA) is 129 Å². The molecular formula is C31H29F3N6O3S. The summed E-state index contributed by atoms with van der Waals surface area (Å²) in [7, 11) is 0. The summed E-state index contributed by atoms with van der Waals surface area (Å²) in [4.78, 5) is 37.9. The molecule has 0 atom stereocenters. The molecule has 1 aliphatic heterocycles. The van der Waals surface area contributed by atoms with E-state index in [4.69, 9.17) is 0 Å². The SMILES string of the molecule is Cc1cc(Nc2nccc(C(F)(F)F)n2)cc(-c2cnc([C@]3(O)CC[C@@H](C(=O)NCc4cccc5c4C(=O)NC5)CC3)s2)c1. The maximum absolute atomic E-state index is 13.1. The molecule has 6 rings (SSSR count). The van der Waals surface area contributed by atoms with Crippen molar-refractivity contribution < 1.29 is 27.9 Å². The van der Waals surface area contributed by atoms with Gasteiger partial charge in [-0.3, -0.25) is 9.59 Å². The second kappa shape index (κ2) is 11.6. The third-order valence-corrected chi connectivity index (χ3v) is 9.25. The largest absolute Gasteiger partial charge is 0.433 e. The van der Waals surface area contributed by atoms with E-state index in [1.807, 2.05) is 31.2 Å². The summed E-state index contributed by atoms with van der Waals surface area (Å²) in [6.07, 6.45) is -0.146. The Morgan fingerprint density at radius 3 is 2.73 bits per heavy atom. The standard InChI is InChI=1S/C31H29F3N6O3S/c1-17-11-21(13-22(12-17)39-29-35-10-7-24(40-29)31(32,33)34)23-16-38-28(44-23)30(43)8-5-18(6-9-30)26(41)36-14-19-3-2-4-20-15-37-27(42)25(19)20/h2-4,7,10-13,16,18,43H,5-6,8-9,14-15H2,1H3,(H,36,41)(H,37,42)(H,35,39,40)/t18-,30+. The Kier molecular flexibility index (Phi) is 7.84. The van der Waals surface area contributed by atoms with Crippen molar-refractivity contribution in [2.75, 3.05) is 5.32 Å². The average molecular weight is 623 g/mol. The third kappa shape index (κ3) is 6.15. The first kappa shape index (κ1) is 29.7. The molecule has 0 bridgehead atoms. The van der Waals surface area contributed by atoms with Crippen molar-refractivity contribution in [1.82, 2.24) is 25.6 Å². The molecule has 0 unspecified atom stereocenters. The van der Waals surface area contributed by atoms with Gasteiger partial charge in [0.25, 0.3) is 5.91 Å². The van der Waals surface area contributed by atoms with E-state index in [0.717, 1.165) is 39.4 Å². The number of hydrogen-bond donors (Lipinski definition) is 4. The summed E-state index contributed by atoms with van der Waals surface area (Å²) in [6.45, 7) is 2.62. The maximum atomic E-state index is 13.1. The number of thiazole rings is 1. The fraction of sp³-hybridized carbons (Fsp3) is 0.323. The van der Waals surface area contributed by atoms with E-state index in [1.165, 1.54) is 11.3 Å². The van der Waals surface area contributed by atoms with Gasteiger partial charge >= 0.3 is 6.18 Å². The van der Waals surface area contributed by atoms with E-state index >= 15 is 0 Å². The summed E-state index contributed by atoms with van der Waals surface area (Å²) < 4.78 is 39.2. The van der Waals surface area contributed by atoms with E-state index in [1.54, 1.807) is 18.3 Å². The predicted octanol–water partition coefficient (Wildman–Crippen LogP) is 5.61. The second-order valence-corrected chi connectivity index (χ2v) is 12.2. The number of anilines is 2. The summed E-state index contributed by atoms with van der Waals surface area (Å²) in [6, 6.07) is 11.9. The van der Waals surface area contributed by atoms with E-state index in [-0.39, 0.29) is 30.2 Å². The van der Waals surface area contributed by atoms with Gasteiger partial charge in [0.2, 0.25) is 11.9 Å². The van der Waals surface area contributed by atoms with Gasteiger partial charge in [-0.05, 0) is 73.1 Å². The number of aromatic nitrogens is 3. The number of carbonyl (C=O) groups is 2. The lowest BCUT2D eigenvalue weighted by atomic mass is 9.78. The number of nitrogens with one attached hydrogen (secondary N) is 3. The number of benzene rings is 2. The van der Waals surface area contributed by atoms with E-state index in [2.05, 4.69) is 30.9 Å². The lowest BCUT2D eigenvalue weighted by Gasteiger charge is -2.34. The van der Waals surface area contributed by atoms with Gasteiger partial charge in [0.15, 0.2) is 0 Å². The molecule has 0 radical (unpaired) electrons. The molecule has 2 aromatic carbocycles. The molecule has 0 saturated heterocycles. The zero-order valence-electron chi connectivity index (χ0n) is 23.7. The van der Waals surface area contributed by atoms with Crippen molar-refractivity contribution in [3.63, 3.8) is 0 Å². The number of amides is 2. The van der Waals surface area contributed by atoms with Crippen LogP contribution in [0.15, 0.2) is 54.9 Å². The molecule has 228 valence electrons. The van der Waals surface area contributed by atoms with Crippen molar-refractivity contribution >= 4 is 34.8 Å². The van der Waals surface area contributed by atoms with E-state index in [9.17, 15) is 27.9 Å². The summed E-state index contributed by atoms with van der Waals surface area (Å²) in [5.74, 6) is -0.663. The number of hydrogen-bond acceptors (Lipinski definition) is 8. The van der Waals surface area contributed by atoms with Crippen molar-refractivity contribution in [2.45, 2.75) is 57.5 Å². The lowest BCUT2D eigenvalue weighted by molar-refractivity contribution is -0.141. The minimum absolute atomic E-state index is 0.104. The third-order valence-electron chi connectivity index (χ3n) is 8.01. The molecule has 44 heavy (non-hydrogen) atoms. The fourth-order valence-corrected chi connectivity index (χ4v) is 6.78. The number of alkyl halides is 3. The molecule has 4 aromatic rings. The van der Waals surface area contributed by atoms with Gasteiger partial charge in [0.1, 0.15) is 16.3 Å². The van der Waals surface area contributed by atoms with Crippen molar-refractivity contribution in [1.29, 1.82) is 0 Å². The molecule has 2 amide bonds. The molecular weight excluding hydrogens is 593 g/mol. The van der Waals surface area contributed by atoms with Crippen LogP contribution < -0.4 is 16.0 Å². The Morgan fingerprint density at radius 2 is 1.95 bits per heavy atom. The van der Waals surface area contributed by atoms with Gasteiger partial charge in [0, 0.05) is 42.7 Å². The first-order valence-electron chi connectivity index (χ1n) is 14.1. The Morgan fingerprint density at radius 1 is 1.16 bits per heavy atom. The van der Waals surface area contributed by atoms with Crippen LogP contribution in [-0.4, -0.2) is 31.9 Å². The summed E-state index contributed by atoms with van der Waals surface area (Å²) in [5.41, 5.74) is 2.28. The van der Waals surface area contributed by atoms with Crippen LogP contribution in [0, 0.1) is 12.8 Å². The summed E-state index contributed by atoms with van der Waals surface area (Å²) in [5, 5.41) is 20.7. The Hall–Kier alpha value is -4.36. The molecule has 9 nitrogen and oxygen atoms in total. The molecule has 4 N–H and O–H groups in total. The van der Waals surface area contributed by atoms with Crippen LogP contribution in [0.25, 0.3) is 10.4 Å². The van der Waals surface area contributed by atoms with Crippen LogP contribution in [0.3, 0.4) is 0 Å². The predicted molar refractivity (Wildman–Crippen MR) is 158 cm³/mol. The average Bonchev–Trinajstić information content (AvgIpc) is 3.64. The van der Waals surface area contributed by atoms with Crippen molar-refractivity contribution in [3.05, 3.63) is 87.8 Å². The number of nitrogens with zero attached hydrogens (tertiary/aromatic N) is 3. The highest BCUT2D eigenvalue weighted by Crippen LogP contribution is 2.43. The highest BCUT2D eigenvalue weighted by molar-refractivity contribution is 7.15. The number of fused-ring (bicyclic) bond motifs is 1. The molecule has 2 aliphatic rings. The highest BCUT2D eigenvalue weighted by atomic mass is 32.1. The van der Waals surface area contributed by atoms with Gasteiger partial charge < -0.3 is 21.1 Å². The van der Waals surface area contributed by atoms with E-state index in [0.29, 0.717) is 48.5 Å². The lowest BCUT2D eigenvalue weighted by Crippen LogP contribution is -2.38. The quantitative estimate of drug-likeness (QED) is 0.211. The first-order chi connectivity index (χ1) is 21.0. The van der Waals surface area contributed by atoms with Crippen LogP contribution in [0.5, 0.6) is 0 Å². The molecule has 13 heteroatoms. The molecule has 1 aliphatic carbocycles. The summed E-state index contributed by atoms with van der Waals surface area (Å²) >= 11 is 1.34. The number of rotatable bonds is 7. The van der Waals surface area contributed by atoms with Gasteiger partial charge in [-0.2, -0.15) is 13.2 Å². The zero-order chi connectivity index (χ0) is 31.1. The number of halogens is 3. The van der Waals surface area contributed by atoms with Crippen molar-refractivity contribution in [3.8, 4) is 10.4 Å². The van der Waals surface area contributed by atoms with Crippen molar-refractivity contribution in [2.24, 2.45) is 5.92 Å². The van der Waals surface area contributed by atoms with Gasteiger partial charge in [-0.1, -0.05) is 24.3 Å². The molecule has 2 aromatic heterocycles. The van der Waals surface area contributed by atoms with Gasteiger partial charge in [-0.25, -0.2) is 15.0 Å². The van der Waals surface area contributed by atoms with Crippen LogP contribution in [-0.2, 0) is 29.7 Å². The van der Waals surface area contributed by atoms with E-state index < -0.39 is 17.5 Å². The minimum atomic E-state index is -4.58. The zero-order valence-corrected chi connectivity index (χ0v) is 24.5. The molecule has 3 heterocycles. The van der Waals surface area contributed by atoms with Crippen LogP contribution in [0.4, 0.5) is 24.8 Å². The van der Waals surface area contributed by atoms with Crippen LogP contribution in [0.2, 0.25) is 0 Å². The minimum Gasteiger partial charge on any atom is -0.383 e. The van der Waals surface area contributed by atoms with Crippen LogP contribution in [0.1, 0.15) is 63.4 Å². The number of aryl methyl sites for hydroxylation is 1. The normalized spacial score (nSPS) is 19.8. The highest BCUT2D eigenvalue weighted by Gasteiger charge is 2.39. The Balaban J connectivity index is 1.10. The Labute approximate surface area is 255 Å². The fourth-order valence-electron chi connectivity index (χ4n) is 5.73. The number of carbonyl (C=O) groups excluding carboxylic acids is 2. The maximum Gasteiger partial charge on any atom is 0.433 e. The molecule has 0 spiro atoms. The first-order valence-corrected chi connectivity index (χ1v) is 14.9. The molecule has 1 saturated carbocycles. The van der Waals surface area contributed by atoms with Gasteiger partial charge in [-0.15, -0.1) is 11.3 Å². The monoisotopic (exact) mass is 622 g/mol. The smallest absolute Gasteiger partial charge is 0.383 e. The van der Waals surface area contributed by atoms with Gasteiger partial charge in [0.05, 0.1) is 4.88 Å². The van der Waals surface area contributed by atoms with Crippen LogP contribution >= 0.6 is 11.3 Å². The number of aliphatic hydroxyl groups is 1.